The van der Waals surface area contributed by atoms with E-state index in [0.717, 1.165) is 39.8 Å². The SMILES string of the molecule is CCc1cc2c(c3ccccc13)CO[C@]21O[C@H](COCc2ccccc2)[C@@H](OCc2ccccc2)[C@H](OCc2ccccc2)[C@H]1OCc1ccccc1. The Balaban J connectivity index is 1.24. The molecule has 270 valence electrons. The van der Waals surface area contributed by atoms with Gasteiger partial charge in [0.1, 0.15) is 24.4 Å². The van der Waals surface area contributed by atoms with Gasteiger partial charge in [-0.25, -0.2) is 0 Å². The number of ether oxygens (including phenoxy) is 6. The van der Waals surface area contributed by atoms with E-state index in [-0.39, 0.29) is 6.61 Å². The van der Waals surface area contributed by atoms with Crippen LogP contribution in [-0.2, 0) is 73.7 Å². The maximum absolute atomic E-state index is 7.35. The minimum absolute atomic E-state index is 0.264. The second kappa shape index (κ2) is 16.6. The first kappa shape index (κ1) is 35.4. The van der Waals surface area contributed by atoms with Crippen LogP contribution in [0.25, 0.3) is 10.8 Å². The van der Waals surface area contributed by atoms with Gasteiger partial charge in [0.25, 0.3) is 0 Å². The lowest BCUT2D eigenvalue weighted by atomic mass is 9.84. The summed E-state index contributed by atoms with van der Waals surface area (Å²) in [6.45, 7) is 4.35. The van der Waals surface area contributed by atoms with Crippen molar-refractivity contribution in [2.75, 3.05) is 6.61 Å². The molecule has 0 aliphatic carbocycles. The van der Waals surface area contributed by atoms with E-state index in [2.05, 4.69) is 85.8 Å². The molecule has 2 aliphatic heterocycles. The zero-order chi connectivity index (χ0) is 35.9. The molecule has 0 bridgehead atoms. The van der Waals surface area contributed by atoms with Crippen molar-refractivity contribution in [3.05, 3.63) is 191 Å². The van der Waals surface area contributed by atoms with Gasteiger partial charge in [0.05, 0.1) is 39.6 Å². The van der Waals surface area contributed by atoms with Crippen molar-refractivity contribution in [3.8, 4) is 0 Å². The molecule has 2 heterocycles. The van der Waals surface area contributed by atoms with Gasteiger partial charge in [0, 0.05) is 5.56 Å². The van der Waals surface area contributed by atoms with Gasteiger partial charge in [0.2, 0.25) is 5.79 Å². The van der Waals surface area contributed by atoms with Crippen LogP contribution in [0, 0.1) is 0 Å². The molecule has 6 nitrogen and oxygen atoms in total. The molecule has 0 N–H and O–H groups in total. The van der Waals surface area contributed by atoms with Crippen LogP contribution in [0.2, 0.25) is 0 Å². The van der Waals surface area contributed by atoms with Crippen LogP contribution in [0.1, 0.15) is 45.9 Å². The minimum Gasteiger partial charge on any atom is -0.374 e. The zero-order valence-electron chi connectivity index (χ0n) is 30.1. The molecule has 1 spiro atoms. The van der Waals surface area contributed by atoms with Crippen molar-refractivity contribution in [1.82, 2.24) is 0 Å². The molecule has 0 unspecified atom stereocenters. The number of hydrogen-bond donors (Lipinski definition) is 0. The maximum Gasteiger partial charge on any atom is 0.226 e. The fourth-order valence-electron chi connectivity index (χ4n) is 7.70. The van der Waals surface area contributed by atoms with Crippen LogP contribution in [0.3, 0.4) is 0 Å². The van der Waals surface area contributed by atoms with E-state index in [1.165, 1.54) is 16.3 Å². The lowest BCUT2D eigenvalue weighted by Gasteiger charge is -2.51. The van der Waals surface area contributed by atoms with E-state index >= 15 is 0 Å². The average Bonchev–Trinajstić information content (AvgIpc) is 3.58. The third-order valence-electron chi connectivity index (χ3n) is 10.4. The lowest BCUT2D eigenvalue weighted by molar-refractivity contribution is -0.387. The van der Waals surface area contributed by atoms with Gasteiger partial charge in [-0.3, -0.25) is 0 Å². The van der Waals surface area contributed by atoms with Crippen molar-refractivity contribution in [1.29, 1.82) is 0 Å². The zero-order valence-corrected chi connectivity index (χ0v) is 30.1. The molecular formula is C47H46O6. The number of hydrogen-bond acceptors (Lipinski definition) is 6. The normalized spacial score (nSPS) is 22.3. The Labute approximate surface area is 312 Å². The molecule has 5 atom stereocenters. The largest absolute Gasteiger partial charge is 0.374 e. The van der Waals surface area contributed by atoms with Gasteiger partial charge in [-0.1, -0.05) is 153 Å². The maximum atomic E-state index is 7.35. The van der Waals surface area contributed by atoms with E-state index in [0.29, 0.717) is 33.0 Å². The summed E-state index contributed by atoms with van der Waals surface area (Å²) in [5.74, 6) is -1.28. The van der Waals surface area contributed by atoms with Crippen LogP contribution >= 0.6 is 0 Å². The fourth-order valence-corrected chi connectivity index (χ4v) is 7.70. The second-order valence-corrected chi connectivity index (χ2v) is 13.8. The summed E-state index contributed by atoms with van der Waals surface area (Å²) in [6, 6.07) is 51.7. The van der Waals surface area contributed by atoms with Crippen molar-refractivity contribution >= 4 is 10.8 Å². The van der Waals surface area contributed by atoms with Gasteiger partial charge in [-0.05, 0) is 56.6 Å². The predicted octanol–water partition coefficient (Wildman–Crippen LogP) is 9.46. The van der Waals surface area contributed by atoms with E-state index in [1.807, 2.05) is 72.8 Å². The van der Waals surface area contributed by atoms with E-state index < -0.39 is 30.2 Å². The molecule has 6 aromatic carbocycles. The van der Waals surface area contributed by atoms with E-state index in [4.69, 9.17) is 28.4 Å². The Bertz CT molecular complexity index is 2060. The summed E-state index contributed by atoms with van der Waals surface area (Å²) in [6.07, 6.45) is -1.53. The van der Waals surface area contributed by atoms with Gasteiger partial charge in [0.15, 0.2) is 0 Å². The molecular weight excluding hydrogens is 661 g/mol. The smallest absolute Gasteiger partial charge is 0.226 e. The quantitative estimate of drug-likeness (QED) is 0.113. The molecule has 2 aliphatic rings. The Morgan fingerprint density at radius 3 is 1.62 bits per heavy atom. The Morgan fingerprint density at radius 1 is 0.566 bits per heavy atom. The van der Waals surface area contributed by atoms with Crippen LogP contribution < -0.4 is 0 Å². The first-order valence-electron chi connectivity index (χ1n) is 18.7. The second-order valence-electron chi connectivity index (χ2n) is 13.8. The summed E-state index contributed by atoms with van der Waals surface area (Å²) in [5.41, 5.74) is 7.57. The Hall–Kier alpha value is -4.66. The standard InChI is InChI=1S/C47H46O6/c1-2-38-27-42-41(40-26-16-15-25-39(38)40)32-52-47(42)46(51-31-37-23-13-6-14-24-37)45(50-30-36-21-11-5-12-22-36)44(49-29-35-19-9-4-10-20-35)43(53-47)33-48-28-34-17-7-3-8-18-34/h3-27,43-46H,2,28-33H2,1H3/t43-,44-,45+,46-,47+/m1/s1. The molecule has 6 heteroatoms. The fraction of sp³-hybridized carbons (Fsp3) is 0.277. The molecule has 0 aromatic heterocycles. The number of fused-ring (bicyclic) bond motifs is 4. The number of benzene rings is 6. The molecule has 6 aromatic rings. The Kier molecular flexibility index (Phi) is 11.1. The van der Waals surface area contributed by atoms with Gasteiger partial charge < -0.3 is 28.4 Å². The average molecular weight is 707 g/mol. The third kappa shape index (κ3) is 7.71. The highest BCUT2D eigenvalue weighted by Crippen LogP contribution is 2.51. The van der Waals surface area contributed by atoms with Crippen molar-refractivity contribution < 1.29 is 28.4 Å². The molecule has 0 radical (unpaired) electrons. The van der Waals surface area contributed by atoms with Gasteiger partial charge in [-0.2, -0.15) is 0 Å². The molecule has 1 fully saturated rings. The van der Waals surface area contributed by atoms with E-state index in [9.17, 15) is 0 Å². The highest BCUT2D eigenvalue weighted by atomic mass is 16.7. The highest BCUT2D eigenvalue weighted by Gasteiger charge is 2.61. The van der Waals surface area contributed by atoms with Crippen LogP contribution in [0.4, 0.5) is 0 Å². The van der Waals surface area contributed by atoms with Gasteiger partial charge >= 0.3 is 0 Å². The van der Waals surface area contributed by atoms with Crippen LogP contribution in [0.15, 0.2) is 152 Å². The minimum atomic E-state index is -1.28. The first-order valence-corrected chi connectivity index (χ1v) is 18.7. The van der Waals surface area contributed by atoms with Crippen molar-refractivity contribution in [3.63, 3.8) is 0 Å². The molecule has 0 saturated carbocycles. The number of aryl methyl sites for hydroxylation is 1. The van der Waals surface area contributed by atoms with Crippen LogP contribution in [-0.4, -0.2) is 31.0 Å². The Morgan fingerprint density at radius 2 is 1.06 bits per heavy atom. The summed E-state index contributed by atoms with van der Waals surface area (Å²) in [5, 5.41) is 2.40. The van der Waals surface area contributed by atoms with Crippen molar-refractivity contribution in [2.45, 2.75) is 76.6 Å². The summed E-state index contributed by atoms with van der Waals surface area (Å²) >= 11 is 0. The highest BCUT2D eigenvalue weighted by molar-refractivity contribution is 5.90. The first-order chi connectivity index (χ1) is 26.2. The predicted molar refractivity (Wildman–Crippen MR) is 206 cm³/mol. The monoisotopic (exact) mass is 706 g/mol. The summed E-state index contributed by atoms with van der Waals surface area (Å²) in [4.78, 5) is 0. The molecule has 53 heavy (non-hydrogen) atoms. The molecule has 1 saturated heterocycles. The van der Waals surface area contributed by atoms with Crippen LogP contribution in [0.5, 0.6) is 0 Å². The third-order valence-corrected chi connectivity index (χ3v) is 10.4. The topological polar surface area (TPSA) is 55.4 Å². The van der Waals surface area contributed by atoms with Crippen molar-refractivity contribution in [2.24, 2.45) is 0 Å². The molecule has 8 rings (SSSR count). The summed E-state index contributed by atoms with van der Waals surface area (Å²) in [7, 11) is 0. The lowest BCUT2D eigenvalue weighted by Crippen LogP contribution is -2.65. The van der Waals surface area contributed by atoms with Gasteiger partial charge in [-0.15, -0.1) is 0 Å². The van der Waals surface area contributed by atoms with E-state index in [1.54, 1.807) is 0 Å². The number of rotatable bonds is 14. The summed E-state index contributed by atoms with van der Waals surface area (Å²) < 4.78 is 41.8. The molecule has 0 amide bonds.